The molecular weight excluding hydrogens is 649 g/mol. The summed E-state index contributed by atoms with van der Waals surface area (Å²) >= 11 is 0.757. The van der Waals surface area contributed by atoms with Crippen LogP contribution in [0.3, 0.4) is 0 Å². The molecular formula is C33H33F3N6O5S. The van der Waals surface area contributed by atoms with Crippen LogP contribution < -0.4 is 5.32 Å². The molecule has 15 heteroatoms. The largest absolute Gasteiger partial charge is 0.444 e. The molecule has 2 aliphatic rings. The van der Waals surface area contributed by atoms with Crippen molar-refractivity contribution >= 4 is 55.4 Å². The zero-order valence-electron chi connectivity index (χ0n) is 27.2. The predicted octanol–water partition coefficient (Wildman–Crippen LogP) is 7.02. The normalized spacial score (nSPS) is 16.8. The minimum absolute atomic E-state index is 0.0164. The van der Waals surface area contributed by atoms with Crippen molar-refractivity contribution in [3.05, 3.63) is 46.9 Å². The van der Waals surface area contributed by atoms with Crippen molar-refractivity contribution in [2.75, 3.05) is 25.0 Å². The average Bonchev–Trinajstić information content (AvgIpc) is 3.56. The Labute approximate surface area is 277 Å². The zero-order valence-corrected chi connectivity index (χ0v) is 28.0. The van der Waals surface area contributed by atoms with E-state index in [-0.39, 0.29) is 68.9 Å². The fraction of sp³-hybridized carbons (Fsp3) is 0.424. The number of benzene rings is 2. The van der Waals surface area contributed by atoms with Gasteiger partial charge in [0.2, 0.25) is 0 Å². The third kappa shape index (κ3) is 5.78. The van der Waals surface area contributed by atoms with Crippen molar-refractivity contribution in [2.24, 2.45) is 0 Å². The molecule has 0 saturated carbocycles. The summed E-state index contributed by atoms with van der Waals surface area (Å²) < 4.78 is 60.1. The molecule has 48 heavy (non-hydrogen) atoms. The molecule has 1 fully saturated rings. The maximum atomic E-state index is 16.4. The molecule has 1 atom stereocenters. The molecule has 2 aliphatic heterocycles. The molecule has 0 spiro atoms. The number of aromatic nitrogens is 2. The fourth-order valence-electron chi connectivity index (χ4n) is 6.15. The second-order valence-electron chi connectivity index (χ2n) is 13.7. The smallest absolute Gasteiger partial charge is 0.412 e. The number of hydrogen-bond acceptors (Lipinski definition) is 8. The summed E-state index contributed by atoms with van der Waals surface area (Å²) in [5.74, 6) is -4.28. The number of aryl methyl sites for hydroxylation is 1. The Balaban J connectivity index is 1.45. The number of nitrogens with zero attached hydrogens (tertiary/aromatic N) is 5. The van der Waals surface area contributed by atoms with Crippen LogP contribution in [0.4, 0.5) is 27.8 Å². The molecule has 0 radical (unpaired) electrons. The van der Waals surface area contributed by atoms with E-state index in [1.54, 1.807) is 41.5 Å². The zero-order chi connectivity index (χ0) is 34.9. The van der Waals surface area contributed by atoms with E-state index in [1.165, 1.54) is 26.7 Å². The number of hydrogen-bond donors (Lipinski definition) is 1. The van der Waals surface area contributed by atoms with Crippen molar-refractivity contribution in [3.8, 4) is 17.2 Å². The number of piperazine rings is 1. The van der Waals surface area contributed by atoms with Gasteiger partial charge in [-0.1, -0.05) is 6.07 Å². The second-order valence-corrected chi connectivity index (χ2v) is 14.7. The van der Waals surface area contributed by atoms with Crippen LogP contribution in [0.15, 0.2) is 18.3 Å². The molecule has 2 aromatic carbocycles. The first-order valence-corrected chi connectivity index (χ1v) is 16.1. The highest BCUT2D eigenvalue weighted by molar-refractivity contribution is 7.23. The molecule has 1 saturated heterocycles. The Morgan fingerprint density at radius 3 is 2.38 bits per heavy atom. The summed E-state index contributed by atoms with van der Waals surface area (Å²) in [6.07, 6.45) is 0.269. The maximum absolute atomic E-state index is 16.4. The molecule has 4 heterocycles. The van der Waals surface area contributed by atoms with E-state index in [0.717, 1.165) is 17.4 Å². The number of anilines is 1. The topological polar surface area (TPSA) is 130 Å². The summed E-state index contributed by atoms with van der Waals surface area (Å²) in [4.78, 5) is 42.3. The molecule has 0 aliphatic carbocycles. The van der Waals surface area contributed by atoms with Gasteiger partial charge < -0.3 is 19.3 Å². The number of amides is 3. The van der Waals surface area contributed by atoms with E-state index >= 15 is 13.2 Å². The van der Waals surface area contributed by atoms with Crippen molar-refractivity contribution in [2.45, 2.75) is 71.8 Å². The third-order valence-corrected chi connectivity index (χ3v) is 9.16. The summed E-state index contributed by atoms with van der Waals surface area (Å²) in [5.41, 5.74) is -2.51. The molecule has 1 N–H and O–H groups in total. The van der Waals surface area contributed by atoms with E-state index in [2.05, 4.69) is 10.4 Å². The molecule has 252 valence electrons. The number of carbonyl (C=O) groups is 3. The van der Waals surface area contributed by atoms with Crippen LogP contribution in [-0.2, 0) is 16.0 Å². The number of halogens is 3. The first-order valence-electron chi connectivity index (χ1n) is 15.3. The number of rotatable bonds is 2. The SMILES string of the molecule is CC(C)(C)OC(=O)Nc1sc2c(F)ccc(-c3c(F)c(F)c4c5c3cnn5CC[C@H]3CN(C(=O)OC(C)(C)C)CCN3C4=O)c2c1C#N. The molecule has 0 unspecified atom stereocenters. The Morgan fingerprint density at radius 1 is 1.02 bits per heavy atom. The van der Waals surface area contributed by atoms with Gasteiger partial charge in [0.15, 0.2) is 11.6 Å². The lowest BCUT2D eigenvalue weighted by Crippen LogP contribution is -2.58. The molecule has 4 aromatic rings. The molecule has 11 nitrogen and oxygen atoms in total. The van der Waals surface area contributed by atoms with Crippen LogP contribution in [0.25, 0.3) is 32.1 Å². The van der Waals surface area contributed by atoms with Gasteiger partial charge in [-0.2, -0.15) is 10.4 Å². The van der Waals surface area contributed by atoms with Crippen molar-refractivity contribution in [3.63, 3.8) is 0 Å². The van der Waals surface area contributed by atoms with Gasteiger partial charge in [0.25, 0.3) is 5.91 Å². The lowest BCUT2D eigenvalue weighted by atomic mass is 9.93. The Kier molecular flexibility index (Phi) is 8.06. The lowest BCUT2D eigenvalue weighted by Gasteiger charge is -2.42. The average molecular weight is 683 g/mol. The second kappa shape index (κ2) is 11.7. The first-order chi connectivity index (χ1) is 22.5. The number of carbonyl (C=O) groups excluding carboxylic acids is 3. The number of ether oxygens (including phenoxy) is 2. The van der Waals surface area contributed by atoms with Gasteiger partial charge >= 0.3 is 12.2 Å². The van der Waals surface area contributed by atoms with Crippen LogP contribution >= 0.6 is 11.3 Å². The highest BCUT2D eigenvalue weighted by Crippen LogP contribution is 2.46. The number of nitrogens with one attached hydrogen (secondary N) is 1. The Hall–Kier alpha value is -4.84. The fourth-order valence-corrected chi connectivity index (χ4v) is 7.22. The number of fused-ring (bicyclic) bond motifs is 2. The van der Waals surface area contributed by atoms with Crippen molar-refractivity contribution in [1.29, 1.82) is 5.26 Å². The maximum Gasteiger partial charge on any atom is 0.412 e. The minimum atomic E-state index is -1.42. The molecule has 3 amide bonds. The molecule has 0 bridgehead atoms. The Bertz CT molecular complexity index is 2060. The van der Waals surface area contributed by atoms with Gasteiger partial charge in [-0.3, -0.25) is 14.8 Å². The summed E-state index contributed by atoms with van der Waals surface area (Å²) in [6.45, 7) is 10.8. The van der Waals surface area contributed by atoms with E-state index in [1.807, 2.05) is 6.07 Å². The van der Waals surface area contributed by atoms with E-state index in [4.69, 9.17) is 9.47 Å². The van der Waals surface area contributed by atoms with Crippen LogP contribution in [0.1, 0.15) is 63.9 Å². The van der Waals surface area contributed by atoms with Gasteiger partial charge in [-0.05, 0) is 59.6 Å². The standard InChI is InChI=1S/C33H33F3N6O5S/c1-32(2,3)46-30(44)39-28-18(13-37)22-17(7-8-20(34)27(22)48-28)21-19-14-38-42-10-9-16-15-40(31(45)47-33(4,5)6)11-12-41(16)29(43)23(26(19)42)25(36)24(21)35/h7-8,14,16H,9-12,15H2,1-6H3,(H,39,44)/t16-/m0/s1. The van der Waals surface area contributed by atoms with Crippen LogP contribution in [0.5, 0.6) is 0 Å². The van der Waals surface area contributed by atoms with Crippen molar-refractivity contribution < 1.29 is 37.0 Å². The first kappa shape index (κ1) is 33.1. The van der Waals surface area contributed by atoms with Crippen LogP contribution in [-0.4, -0.2) is 74.6 Å². The van der Waals surface area contributed by atoms with Crippen LogP contribution in [0.2, 0.25) is 0 Å². The minimum Gasteiger partial charge on any atom is -0.444 e. The Morgan fingerprint density at radius 2 is 1.71 bits per heavy atom. The van der Waals surface area contributed by atoms with Gasteiger partial charge in [0.05, 0.1) is 28.0 Å². The van der Waals surface area contributed by atoms with Crippen molar-refractivity contribution in [1.82, 2.24) is 19.6 Å². The molecule has 2 aromatic heterocycles. The van der Waals surface area contributed by atoms with Crippen LogP contribution in [0, 0.1) is 28.8 Å². The highest BCUT2D eigenvalue weighted by atomic mass is 32.1. The van der Waals surface area contributed by atoms with Gasteiger partial charge in [0.1, 0.15) is 33.7 Å². The third-order valence-electron chi connectivity index (χ3n) is 8.05. The van der Waals surface area contributed by atoms with Gasteiger partial charge in [-0.25, -0.2) is 22.8 Å². The number of thiophene rings is 1. The quantitative estimate of drug-likeness (QED) is 0.241. The summed E-state index contributed by atoms with van der Waals surface area (Å²) in [7, 11) is 0. The van der Waals surface area contributed by atoms with E-state index in [0.29, 0.717) is 6.42 Å². The summed E-state index contributed by atoms with van der Waals surface area (Å²) in [6, 6.07) is 3.75. The summed E-state index contributed by atoms with van der Waals surface area (Å²) in [5, 5.41) is 17.0. The molecule has 6 rings (SSSR count). The van der Waals surface area contributed by atoms with Gasteiger partial charge in [0, 0.05) is 42.5 Å². The highest BCUT2D eigenvalue weighted by Gasteiger charge is 2.40. The number of nitriles is 1. The van der Waals surface area contributed by atoms with Gasteiger partial charge in [-0.15, -0.1) is 11.3 Å². The van der Waals surface area contributed by atoms with E-state index < -0.39 is 58.4 Å². The monoisotopic (exact) mass is 682 g/mol. The lowest BCUT2D eigenvalue weighted by molar-refractivity contribution is 0.00262. The van der Waals surface area contributed by atoms with E-state index in [9.17, 15) is 19.6 Å². The predicted molar refractivity (Wildman–Crippen MR) is 172 cm³/mol.